The van der Waals surface area contributed by atoms with Crippen LogP contribution in [-0.4, -0.2) is 18.1 Å². The summed E-state index contributed by atoms with van der Waals surface area (Å²) in [6.07, 6.45) is 1.75. The lowest BCUT2D eigenvalue weighted by molar-refractivity contribution is 0.850. The molecule has 0 aliphatic rings. The van der Waals surface area contributed by atoms with Gasteiger partial charge in [-0.15, -0.1) is 0 Å². The summed E-state index contributed by atoms with van der Waals surface area (Å²) >= 11 is 5.85. The first-order valence-electron chi connectivity index (χ1n) is 4.82. The molecule has 0 aromatic carbocycles. The number of aromatic nitrogens is 1. The molecule has 0 bridgehead atoms. The Morgan fingerprint density at radius 3 is 2.57 bits per heavy atom. The van der Waals surface area contributed by atoms with Crippen LogP contribution in [0.15, 0.2) is 12.3 Å². The average Bonchev–Trinajstić information content (AvgIpc) is 2.20. The Bertz CT molecular complexity index is 297. The number of rotatable bonds is 4. The highest BCUT2D eigenvalue weighted by molar-refractivity contribution is 6.29. The minimum Gasteiger partial charge on any atom is -0.372 e. The van der Waals surface area contributed by atoms with E-state index >= 15 is 0 Å². The van der Waals surface area contributed by atoms with E-state index in [2.05, 4.69) is 23.7 Å². The lowest BCUT2D eigenvalue weighted by Crippen LogP contribution is -2.23. The molecule has 1 rings (SSSR count). The predicted molar refractivity (Wildman–Crippen MR) is 60.7 cm³/mol. The quantitative estimate of drug-likeness (QED) is 0.779. The van der Waals surface area contributed by atoms with Gasteiger partial charge < -0.3 is 10.6 Å². The lowest BCUT2D eigenvalue weighted by atomic mass is 10.2. The van der Waals surface area contributed by atoms with Crippen LogP contribution in [0.3, 0.4) is 0 Å². The molecule has 0 amide bonds. The van der Waals surface area contributed by atoms with Crippen LogP contribution < -0.4 is 10.6 Å². The van der Waals surface area contributed by atoms with Crippen molar-refractivity contribution in [3.63, 3.8) is 0 Å². The van der Waals surface area contributed by atoms with Crippen molar-refractivity contribution < 1.29 is 0 Å². The summed E-state index contributed by atoms with van der Waals surface area (Å²) in [5.74, 6) is 0. The molecule has 0 fully saturated rings. The first kappa shape index (κ1) is 11.3. The Morgan fingerprint density at radius 2 is 2.07 bits per heavy atom. The van der Waals surface area contributed by atoms with Crippen LogP contribution in [0.2, 0.25) is 5.15 Å². The highest BCUT2D eigenvalue weighted by Gasteiger charge is 2.08. The Labute approximate surface area is 89.9 Å². The third kappa shape index (κ3) is 2.36. The molecule has 2 N–H and O–H groups in total. The van der Waals surface area contributed by atoms with Crippen molar-refractivity contribution in [3.05, 3.63) is 23.0 Å². The van der Waals surface area contributed by atoms with E-state index in [0.717, 1.165) is 24.3 Å². The van der Waals surface area contributed by atoms with Crippen molar-refractivity contribution in [3.8, 4) is 0 Å². The van der Waals surface area contributed by atoms with Gasteiger partial charge >= 0.3 is 0 Å². The van der Waals surface area contributed by atoms with Crippen molar-refractivity contribution in [1.82, 2.24) is 4.98 Å². The zero-order chi connectivity index (χ0) is 10.6. The Morgan fingerprint density at radius 1 is 1.43 bits per heavy atom. The van der Waals surface area contributed by atoms with Crippen LogP contribution in [0.5, 0.6) is 0 Å². The van der Waals surface area contributed by atoms with Gasteiger partial charge in [-0.05, 0) is 19.9 Å². The van der Waals surface area contributed by atoms with E-state index in [-0.39, 0.29) is 0 Å². The lowest BCUT2D eigenvalue weighted by Gasteiger charge is -2.23. The summed E-state index contributed by atoms with van der Waals surface area (Å²) in [6, 6.07) is 1.87. The van der Waals surface area contributed by atoms with Gasteiger partial charge in [-0.1, -0.05) is 11.6 Å². The number of nitrogens with zero attached hydrogens (tertiary/aromatic N) is 2. The number of hydrogen-bond acceptors (Lipinski definition) is 3. The van der Waals surface area contributed by atoms with Gasteiger partial charge in [-0.25, -0.2) is 4.98 Å². The monoisotopic (exact) mass is 213 g/mol. The maximum atomic E-state index is 5.85. The molecular weight excluding hydrogens is 198 g/mol. The Balaban J connectivity index is 3.08. The summed E-state index contributed by atoms with van der Waals surface area (Å²) in [5.41, 5.74) is 7.77. The van der Waals surface area contributed by atoms with Crippen LogP contribution in [0.1, 0.15) is 19.4 Å². The maximum Gasteiger partial charge on any atom is 0.131 e. The zero-order valence-corrected chi connectivity index (χ0v) is 9.38. The molecule has 3 nitrogen and oxygen atoms in total. The normalized spacial score (nSPS) is 10.3. The van der Waals surface area contributed by atoms with Gasteiger partial charge in [-0.2, -0.15) is 0 Å². The highest BCUT2D eigenvalue weighted by Crippen LogP contribution is 2.22. The molecule has 0 radical (unpaired) electrons. The summed E-state index contributed by atoms with van der Waals surface area (Å²) in [7, 11) is 0. The second-order valence-electron chi connectivity index (χ2n) is 3.01. The van der Waals surface area contributed by atoms with Gasteiger partial charge in [0.05, 0.1) is 0 Å². The molecule has 0 saturated heterocycles. The van der Waals surface area contributed by atoms with E-state index in [0.29, 0.717) is 11.7 Å². The molecule has 1 aromatic rings. The summed E-state index contributed by atoms with van der Waals surface area (Å²) in [4.78, 5) is 6.24. The summed E-state index contributed by atoms with van der Waals surface area (Å²) in [5, 5.41) is 0.518. The number of pyridine rings is 1. The zero-order valence-electron chi connectivity index (χ0n) is 8.63. The van der Waals surface area contributed by atoms with Gasteiger partial charge in [-0.3, -0.25) is 0 Å². The van der Waals surface area contributed by atoms with E-state index in [1.807, 2.05) is 6.07 Å². The first-order chi connectivity index (χ1) is 6.72. The molecule has 0 unspecified atom stereocenters. The van der Waals surface area contributed by atoms with Crippen molar-refractivity contribution >= 4 is 17.3 Å². The Kier molecular flexibility index (Phi) is 4.17. The number of nitrogens with two attached hydrogens (primary N) is 1. The standard InChI is InChI=1S/C10H16ClN3/c1-3-14(4-2)9-5-10(11)13-7-8(9)6-12/h5,7H,3-4,6,12H2,1-2H3. The van der Waals surface area contributed by atoms with Gasteiger partial charge in [0.25, 0.3) is 0 Å². The van der Waals surface area contributed by atoms with E-state index in [4.69, 9.17) is 17.3 Å². The first-order valence-corrected chi connectivity index (χ1v) is 5.20. The van der Waals surface area contributed by atoms with Crippen molar-refractivity contribution in [2.45, 2.75) is 20.4 Å². The van der Waals surface area contributed by atoms with Gasteiger partial charge in [0.1, 0.15) is 5.15 Å². The van der Waals surface area contributed by atoms with Gasteiger partial charge in [0, 0.05) is 37.1 Å². The molecule has 0 saturated carbocycles. The fourth-order valence-electron chi connectivity index (χ4n) is 1.46. The van der Waals surface area contributed by atoms with Crippen LogP contribution in [-0.2, 0) is 6.54 Å². The molecule has 78 valence electrons. The van der Waals surface area contributed by atoms with Gasteiger partial charge in [0.2, 0.25) is 0 Å². The Hall–Kier alpha value is -0.800. The minimum atomic E-state index is 0.496. The average molecular weight is 214 g/mol. The molecule has 0 aliphatic carbocycles. The predicted octanol–water partition coefficient (Wildman–Crippen LogP) is 2.04. The van der Waals surface area contributed by atoms with E-state index in [9.17, 15) is 0 Å². The fourth-order valence-corrected chi connectivity index (χ4v) is 1.62. The molecule has 4 heteroatoms. The third-order valence-corrected chi connectivity index (χ3v) is 2.46. The molecule has 0 spiro atoms. The molecule has 1 aromatic heterocycles. The molecule has 0 atom stereocenters. The molecule has 0 aliphatic heterocycles. The smallest absolute Gasteiger partial charge is 0.131 e. The summed E-state index contributed by atoms with van der Waals surface area (Å²) in [6.45, 7) is 6.61. The number of hydrogen-bond donors (Lipinski definition) is 1. The second kappa shape index (κ2) is 5.17. The highest BCUT2D eigenvalue weighted by atomic mass is 35.5. The largest absolute Gasteiger partial charge is 0.372 e. The molecule has 14 heavy (non-hydrogen) atoms. The van der Waals surface area contributed by atoms with E-state index < -0.39 is 0 Å². The van der Waals surface area contributed by atoms with Crippen LogP contribution in [0, 0.1) is 0 Å². The van der Waals surface area contributed by atoms with Crippen molar-refractivity contribution in [2.24, 2.45) is 5.73 Å². The van der Waals surface area contributed by atoms with Crippen molar-refractivity contribution in [1.29, 1.82) is 0 Å². The fraction of sp³-hybridized carbons (Fsp3) is 0.500. The summed E-state index contributed by atoms with van der Waals surface area (Å²) < 4.78 is 0. The minimum absolute atomic E-state index is 0.496. The van der Waals surface area contributed by atoms with Crippen LogP contribution >= 0.6 is 11.6 Å². The number of anilines is 1. The second-order valence-corrected chi connectivity index (χ2v) is 3.40. The topological polar surface area (TPSA) is 42.2 Å². The maximum absolute atomic E-state index is 5.85. The molecule has 1 heterocycles. The third-order valence-electron chi connectivity index (χ3n) is 2.25. The SMILES string of the molecule is CCN(CC)c1cc(Cl)ncc1CN. The van der Waals surface area contributed by atoms with E-state index in [1.54, 1.807) is 6.20 Å². The van der Waals surface area contributed by atoms with Crippen molar-refractivity contribution in [2.75, 3.05) is 18.0 Å². The van der Waals surface area contributed by atoms with Gasteiger partial charge in [0.15, 0.2) is 0 Å². The number of halogens is 1. The van der Waals surface area contributed by atoms with Crippen LogP contribution in [0.25, 0.3) is 0 Å². The van der Waals surface area contributed by atoms with E-state index in [1.165, 1.54) is 0 Å². The molecular formula is C10H16ClN3. The van der Waals surface area contributed by atoms with Crippen LogP contribution in [0.4, 0.5) is 5.69 Å².